The number of carbonyl (C=O) groups is 2. The molecule has 0 amide bonds. The van der Waals surface area contributed by atoms with E-state index < -0.39 is 11.9 Å². The molecule has 0 fully saturated rings. The van der Waals surface area contributed by atoms with Gasteiger partial charge in [0, 0.05) is 10.9 Å². The van der Waals surface area contributed by atoms with Crippen LogP contribution in [-0.4, -0.2) is 25.2 Å². The van der Waals surface area contributed by atoms with Gasteiger partial charge >= 0.3 is 11.9 Å². The van der Waals surface area contributed by atoms with E-state index in [1.807, 2.05) is 44.2 Å². The zero-order chi connectivity index (χ0) is 22.9. The van der Waals surface area contributed by atoms with Crippen LogP contribution in [0.5, 0.6) is 11.5 Å². The molecular formula is C26H25BrO5. The van der Waals surface area contributed by atoms with Gasteiger partial charge in [-0.05, 0) is 47.9 Å². The van der Waals surface area contributed by atoms with Crippen LogP contribution >= 0.6 is 15.9 Å². The van der Waals surface area contributed by atoms with E-state index >= 15 is 0 Å². The zero-order valence-electron chi connectivity index (χ0n) is 18.0. The predicted octanol–water partition coefficient (Wildman–Crippen LogP) is 6.10. The van der Waals surface area contributed by atoms with Crippen LogP contribution in [0.1, 0.15) is 40.1 Å². The minimum absolute atomic E-state index is 0.252. The van der Waals surface area contributed by atoms with Gasteiger partial charge in [-0.15, -0.1) is 0 Å². The average Bonchev–Trinajstić information content (AvgIpc) is 2.79. The van der Waals surface area contributed by atoms with Crippen LogP contribution in [0.25, 0.3) is 0 Å². The minimum Gasteiger partial charge on any atom is -0.492 e. The molecule has 0 bridgehead atoms. The Morgan fingerprint density at radius 3 is 2.44 bits per heavy atom. The van der Waals surface area contributed by atoms with E-state index in [2.05, 4.69) is 15.9 Å². The zero-order valence-corrected chi connectivity index (χ0v) is 19.6. The van der Waals surface area contributed by atoms with Crippen LogP contribution in [0, 0.1) is 5.92 Å². The van der Waals surface area contributed by atoms with Gasteiger partial charge in [0.2, 0.25) is 0 Å². The molecule has 3 aromatic carbocycles. The number of halogens is 1. The Bertz CT molecular complexity index is 1060. The maximum Gasteiger partial charge on any atom is 0.347 e. The SMILES string of the molecule is CC(C)COc1ccc(Br)cc1C(=O)Oc1cccc(C(=O)OCCc2ccccc2)c1. The molecule has 0 saturated carbocycles. The molecular weight excluding hydrogens is 472 g/mol. The summed E-state index contributed by atoms with van der Waals surface area (Å²) in [5.41, 5.74) is 1.71. The van der Waals surface area contributed by atoms with Crippen molar-refractivity contribution in [2.24, 2.45) is 5.92 Å². The van der Waals surface area contributed by atoms with E-state index in [1.165, 1.54) is 6.07 Å². The summed E-state index contributed by atoms with van der Waals surface area (Å²) in [4.78, 5) is 25.2. The number of rotatable bonds is 9. The molecule has 3 rings (SSSR count). The van der Waals surface area contributed by atoms with Crippen LogP contribution in [0.15, 0.2) is 77.3 Å². The summed E-state index contributed by atoms with van der Waals surface area (Å²) in [6.45, 7) is 4.80. The lowest BCUT2D eigenvalue weighted by Gasteiger charge is -2.13. The number of hydrogen-bond acceptors (Lipinski definition) is 5. The fraction of sp³-hybridized carbons (Fsp3) is 0.231. The van der Waals surface area contributed by atoms with Gasteiger partial charge < -0.3 is 14.2 Å². The maximum atomic E-state index is 12.8. The van der Waals surface area contributed by atoms with Crippen LogP contribution in [0.3, 0.4) is 0 Å². The summed E-state index contributed by atoms with van der Waals surface area (Å²) in [6, 6.07) is 21.4. The highest BCUT2D eigenvalue weighted by Crippen LogP contribution is 2.26. The number of ether oxygens (including phenoxy) is 3. The molecule has 0 heterocycles. The highest BCUT2D eigenvalue weighted by molar-refractivity contribution is 9.10. The van der Waals surface area contributed by atoms with Crippen molar-refractivity contribution in [2.75, 3.05) is 13.2 Å². The van der Waals surface area contributed by atoms with Gasteiger partial charge in [0.1, 0.15) is 17.1 Å². The van der Waals surface area contributed by atoms with Crippen molar-refractivity contribution in [3.8, 4) is 11.5 Å². The summed E-state index contributed by atoms with van der Waals surface area (Å²) in [5.74, 6) is -0.0281. The molecule has 32 heavy (non-hydrogen) atoms. The molecule has 0 unspecified atom stereocenters. The normalized spacial score (nSPS) is 10.6. The molecule has 0 radical (unpaired) electrons. The lowest BCUT2D eigenvalue weighted by Crippen LogP contribution is -2.13. The van der Waals surface area contributed by atoms with E-state index in [4.69, 9.17) is 14.2 Å². The Balaban J connectivity index is 1.64. The quantitative estimate of drug-likeness (QED) is 0.264. The third-order valence-electron chi connectivity index (χ3n) is 4.48. The number of hydrogen-bond donors (Lipinski definition) is 0. The summed E-state index contributed by atoms with van der Waals surface area (Å²) < 4.78 is 17.4. The second-order valence-electron chi connectivity index (χ2n) is 7.63. The second-order valence-corrected chi connectivity index (χ2v) is 8.55. The molecule has 166 valence electrons. The first-order valence-corrected chi connectivity index (χ1v) is 11.2. The Hall–Kier alpha value is -3.12. The van der Waals surface area contributed by atoms with Crippen LogP contribution in [-0.2, 0) is 11.2 Å². The first-order chi connectivity index (χ1) is 15.4. The van der Waals surface area contributed by atoms with Gasteiger partial charge in [-0.25, -0.2) is 9.59 Å². The summed E-state index contributed by atoms with van der Waals surface area (Å²) in [5, 5.41) is 0. The number of carbonyl (C=O) groups excluding carboxylic acids is 2. The molecule has 0 saturated heterocycles. The molecule has 0 N–H and O–H groups in total. The Morgan fingerprint density at radius 1 is 0.906 bits per heavy atom. The average molecular weight is 497 g/mol. The molecule has 0 spiro atoms. The molecule has 0 aromatic heterocycles. The topological polar surface area (TPSA) is 61.8 Å². The molecule has 0 aliphatic rings. The molecule has 3 aromatic rings. The van der Waals surface area contributed by atoms with Gasteiger partial charge in [-0.1, -0.05) is 66.2 Å². The highest BCUT2D eigenvalue weighted by atomic mass is 79.9. The molecule has 0 atom stereocenters. The lowest BCUT2D eigenvalue weighted by atomic mass is 10.2. The van der Waals surface area contributed by atoms with Gasteiger partial charge in [0.15, 0.2) is 0 Å². The highest BCUT2D eigenvalue weighted by Gasteiger charge is 2.17. The van der Waals surface area contributed by atoms with Gasteiger partial charge in [-0.2, -0.15) is 0 Å². The standard InChI is InChI=1S/C26H25BrO5/c1-18(2)17-31-24-12-11-21(27)16-23(24)26(29)32-22-10-6-9-20(15-22)25(28)30-14-13-19-7-4-3-5-8-19/h3-12,15-16,18H,13-14,17H2,1-2H3. The van der Waals surface area contributed by atoms with E-state index in [0.29, 0.717) is 35.8 Å². The number of esters is 2. The fourth-order valence-electron chi connectivity index (χ4n) is 2.88. The van der Waals surface area contributed by atoms with Crippen molar-refractivity contribution < 1.29 is 23.8 Å². The Labute approximate surface area is 196 Å². The summed E-state index contributed by atoms with van der Waals surface area (Å²) in [6.07, 6.45) is 0.628. The molecule has 5 nitrogen and oxygen atoms in total. The van der Waals surface area contributed by atoms with E-state index in [9.17, 15) is 9.59 Å². The van der Waals surface area contributed by atoms with E-state index in [0.717, 1.165) is 10.0 Å². The van der Waals surface area contributed by atoms with Gasteiger partial charge in [0.25, 0.3) is 0 Å². The van der Waals surface area contributed by atoms with E-state index in [-0.39, 0.29) is 12.4 Å². The van der Waals surface area contributed by atoms with Crippen molar-refractivity contribution in [1.29, 1.82) is 0 Å². The lowest BCUT2D eigenvalue weighted by molar-refractivity contribution is 0.0507. The Morgan fingerprint density at radius 2 is 1.69 bits per heavy atom. The molecule has 0 aliphatic heterocycles. The van der Waals surface area contributed by atoms with Crippen LogP contribution in [0.4, 0.5) is 0 Å². The fourth-order valence-corrected chi connectivity index (χ4v) is 3.24. The van der Waals surface area contributed by atoms with Gasteiger partial charge in [-0.3, -0.25) is 0 Å². The molecule has 6 heteroatoms. The van der Waals surface area contributed by atoms with Crippen molar-refractivity contribution in [3.05, 3.63) is 94.0 Å². The largest absolute Gasteiger partial charge is 0.492 e. The third kappa shape index (κ3) is 6.95. The van der Waals surface area contributed by atoms with Crippen LogP contribution in [0.2, 0.25) is 0 Å². The van der Waals surface area contributed by atoms with Crippen molar-refractivity contribution in [1.82, 2.24) is 0 Å². The predicted molar refractivity (Wildman–Crippen MR) is 126 cm³/mol. The monoisotopic (exact) mass is 496 g/mol. The minimum atomic E-state index is -0.570. The number of benzene rings is 3. The summed E-state index contributed by atoms with van der Waals surface area (Å²) in [7, 11) is 0. The summed E-state index contributed by atoms with van der Waals surface area (Å²) >= 11 is 3.38. The van der Waals surface area contributed by atoms with Crippen molar-refractivity contribution >= 4 is 27.9 Å². The van der Waals surface area contributed by atoms with Crippen molar-refractivity contribution in [2.45, 2.75) is 20.3 Å². The maximum absolute atomic E-state index is 12.8. The first kappa shape index (κ1) is 23.5. The Kier molecular flexibility index (Phi) is 8.45. The molecule has 0 aliphatic carbocycles. The van der Waals surface area contributed by atoms with E-state index in [1.54, 1.807) is 36.4 Å². The second kappa shape index (κ2) is 11.5. The first-order valence-electron chi connectivity index (χ1n) is 10.4. The van der Waals surface area contributed by atoms with Crippen molar-refractivity contribution in [3.63, 3.8) is 0 Å². The smallest absolute Gasteiger partial charge is 0.347 e. The van der Waals surface area contributed by atoms with Crippen LogP contribution < -0.4 is 9.47 Å². The van der Waals surface area contributed by atoms with Gasteiger partial charge in [0.05, 0.1) is 18.8 Å². The third-order valence-corrected chi connectivity index (χ3v) is 4.97.